The van der Waals surface area contributed by atoms with Crippen molar-refractivity contribution in [1.82, 2.24) is 0 Å². The normalized spacial score (nSPS) is 10.5. The molecule has 0 spiro atoms. The Morgan fingerprint density at radius 2 is 2.19 bits per heavy atom. The number of Topliss-reactive ketones (excluding diaryl/α,β-unsaturated/α-hetero) is 1. The van der Waals surface area contributed by atoms with E-state index in [1.165, 1.54) is 0 Å². The molecule has 0 fully saturated rings. The summed E-state index contributed by atoms with van der Waals surface area (Å²) < 4.78 is 5.53. The summed E-state index contributed by atoms with van der Waals surface area (Å²) in [7, 11) is 0. The summed E-state index contributed by atoms with van der Waals surface area (Å²) in [5.41, 5.74) is 0.697. The van der Waals surface area contributed by atoms with E-state index < -0.39 is 0 Å². The highest BCUT2D eigenvalue weighted by Gasteiger charge is 2.07. The van der Waals surface area contributed by atoms with Crippen molar-refractivity contribution >= 4 is 17.4 Å². The molecule has 0 unspecified atom stereocenters. The second-order valence-corrected chi connectivity index (χ2v) is 4.29. The Hall–Kier alpha value is -1.02. The zero-order valence-electron chi connectivity index (χ0n) is 9.70. The lowest BCUT2D eigenvalue weighted by Gasteiger charge is -2.10. The van der Waals surface area contributed by atoms with Gasteiger partial charge in [-0.15, -0.1) is 11.6 Å². The van der Waals surface area contributed by atoms with Crippen LogP contribution in [0.2, 0.25) is 0 Å². The minimum atomic E-state index is 0.119. The minimum absolute atomic E-state index is 0.119. The second-order valence-electron chi connectivity index (χ2n) is 3.91. The maximum atomic E-state index is 11.7. The van der Waals surface area contributed by atoms with Gasteiger partial charge in [0.25, 0.3) is 0 Å². The molecule has 88 valence electrons. The van der Waals surface area contributed by atoms with E-state index in [0.717, 1.165) is 12.2 Å². The van der Waals surface area contributed by atoms with Gasteiger partial charge in [-0.3, -0.25) is 4.79 Å². The Balaban J connectivity index is 2.69. The standard InChI is InChI=1S/C13H17ClO2/c1-10(2)16-12-6-3-5-11(9-12)13(15)7-4-8-14/h3,5-6,9-10H,4,7-8H2,1-2H3. The predicted octanol–water partition coefficient (Wildman–Crippen LogP) is 3.68. The Kier molecular flexibility index (Phi) is 5.33. The van der Waals surface area contributed by atoms with Gasteiger partial charge in [0, 0.05) is 17.9 Å². The summed E-state index contributed by atoms with van der Waals surface area (Å²) in [6.07, 6.45) is 1.33. The van der Waals surface area contributed by atoms with Gasteiger partial charge in [-0.2, -0.15) is 0 Å². The molecule has 0 N–H and O–H groups in total. The van der Waals surface area contributed by atoms with Gasteiger partial charge in [0.1, 0.15) is 5.75 Å². The lowest BCUT2D eigenvalue weighted by Crippen LogP contribution is -2.06. The molecule has 1 aromatic carbocycles. The molecule has 0 radical (unpaired) electrons. The van der Waals surface area contributed by atoms with Crippen LogP contribution in [0, 0.1) is 0 Å². The molecule has 0 atom stereocenters. The van der Waals surface area contributed by atoms with Gasteiger partial charge < -0.3 is 4.74 Å². The van der Waals surface area contributed by atoms with Crippen LogP contribution in [0.1, 0.15) is 37.0 Å². The summed E-state index contributed by atoms with van der Waals surface area (Å²) in [6, 6.07) is 7.30. The lowest BCUT2D eigenvalue weighted by atomic mass is 10.1. The van der Waals surface area contributed by atoms with Crippen LogP contribution in [0.4, 0.5) is 0 Å². The van der Waals surface area contributed by atoms with E-state index in [2.05, 4.69) is 0 Å². The van der Waals surface area contributed by atoms with Crippen LogP contribution in [0.15, 0.2) is 24.3 Å². The molecule has 0 aliphatic heterocycles. The highest BCUT2D eigenvalue weighted by atomic mass is 35.5. The summed E-state index contributed by atoms with van der Waals surface area (Å²) in [5.74, 6) is 1.38. The van der Waals surface area contributed by atoms with E-state index in [9.17, 15) is 4.79 Å². The fourth-order valence-electron chi connectivity index (χ4n) is 1.39. The van der Waals surface area contributed by atoms with E-state index in [4.69, 9.17) is 16.3 Å². The zero-order chi connectivity index (χ0) is 12.0. The molecule has 0 saturated heterocycles. The van der Waals surface area contributed by atoms with Crippen molar-refractivity contribution in [2.45, 2.75) is 32.8 Å². The van der Waals surface area contributed by atoms with Crippen LogP contribution in [0.25, 0.3) is 0 Å². The predicted molar refractivity (Wildman–Crippen MR) is 66.5 cm³/mol. The first kappa shape index (κ1) is 13.0. The van der Waals surface area contributed by atoms with Crippen molar-refractivity contribution in [1.29, 1.82) is 0 Å². The molecule has 3 heteroatoms. The third-order valence-electron chi connectivity index (χ3n) is 2.07. The molecule has 0 aliphatic carbocycles. The van der Waals surface area contributed by atoms with Crippen LogP contribution < -0.4 is 4.74 Å². The molecule has 0 amide bonds. The smallest absolute Gasteiger partial charge is 0.163 e. The Bertz CT molecular complexity index is 348. The quantitative estimate of drug-likeness (QED) is 0.560. The molecular weight excluding hydrogens is 224 g/mol. The van der Waals surface area contributed by atoms with Crippen molar-refractivity contribution in [3.63, 3.8) is 0 Å². The fraction of sp³-hybridized carbons (Fsp3) is 0.462. The number of hydrogen-bond donors (Lipinski definition) is 0. The van der Waals surface area contributed by atoms with E-state index in [1.54, 1.807) is 6.07 Å². The van der Waals surface area contributed by atoms with Gasteiger partial charge in [-0.25, -0.2) is 0 Å². The molecule has 2 nitrogen and oxygen atoms in total. The van der Waals surface area contributed by atoms with E-state index in [1.807, 2.05) is 32.0 Å². The topological polar surface area (TPSA) is 26.3 Å². The van der Waals surface area contributed by atoms with Gasteiger partial charge in [0.15, 0.2) is 5.78 Å². The highest BCUT2D eigenvalue weighted by molar-refractivity contribution is 6.18. The SMILES string of the molecule is CC(C)Oc1cccc(C(=O)CCCCl)c1. The molecule has 0 aliphatic rings. The second kappa shape index (κ2) is 6.54. The molecule has 16 heavy (non-hydrogen) atoms. The monoisotopic (exact) mass is 240 g/mol. The van der Waals surface area contributed by atoms with Crippen molar-refractivity contribution in [3.05, 3.63) is 29.8 Å². The third-order valence-corrected chi connectivity index (χ3v) is 2.33. The summed E-state index contributed by atoms with van der Waals surface area (Å²) in [4.78, 5) is 11.7. The number of halogens is 1. The number of benzene rings is 1. The van der Waals surface area contributed by atoms with E-state index in [-0.39, 0.29) is 11.9 Å². The van der Waals surface area contributed by atoms with E-state index in [0.29, 0.717) is 17.9 Å². The average Bonchev–Trinajstić information content (AvgIpc) is 2.25. The van der Waals surface area contributed by atoms with Crippen LogP contribution in [0.3, 0.4) is 0 Å². The minimum Gasteiger partial charge on any atom is -0.491 e. The number of alkyl halides is 1. The lowest BCUT2D eigenvalue weighted by molar-refractivity contribution is 0.0981. The summed E-state index contributed by atoms with van der Waals surface area (Å²) in [5, 5.41) is 0. The number of carbonyl (C=O) groups excluding carboxylic acids is 1. The third kappa shape index (κ3) is 4.23. The highest BCUT2D eigenvalue weighted by Crippen LogP contribution is 2.16. The van der Waals surface area contributed by atoms with Gasteiger partial charge in [0.2, 0.25) is 0 Å². The first-order valence-electron chi connectivity index (χ1n) is 5.49. The number of hydrogen-bond acceptors (Lipinski definition) is 2. The molecule has 0 aromatic heterocycles. The Morgan fingerprint density at radius 3 is 2.81 bits per heavy atom. The average molecular weight is 241 g/mol. The number of ether oxygens (including phenoxy) is 1. The van der Waals surface area contributed by atoms with Crippen LogP contribution in [-0.4, -0.2) is 17.8 Å². The van der Waals surface area contributed by atoms with Crippen LogP contribution >= 0.6 is 11.6 Å². The largest absolute Gasteiger partial charge is 0.491 e. The number of carbonyl (C=O) groups is 1. The number of ketones is 1. The molecule has 0 heterocycles. The zero-order valence-corrected chi connectivity index (χ0v) is 10.5. The van der Waals surface area contributed by atoms with Gasteiger partial charge in [-0.05, 0) is 32.4 Å². The Labute approximate surface area is 102 Å². The molecule has 0 saturated carbocycles. The van der Waals surface area contributed by atoms with Gasteiger partial charge in [-0.1, -0.05) is 12.1 Å². The number of rotatable bonds is 6. The maximum absolute atomic E-state index is 11.7. The van der Waals surface area contributed by atoms with E-state index >= 15 is 0 Å². The first-order chi connectivity index (χ1) is 7.63. The molecular formula is C13H17ClO2. The van der Waals surface area contributed by atoms with Gasteiger partial charge in [0.05, 0.1) is 6.10 Å². The first-order valence-corrected chi connectivity index (χ1v) is 6.03. The van der Waals surface area contributed by atoms with Crippen molar-refractivity contribution in [2.75, 3.05) is 5.88 Å². The van der Waals surface area contributed by atoms with Gasteiger partial charge >= 0.3 is 0 Å². The maximum Gasteiger partial charge on any atom is 0.163 e. The van der Waals surface area contributed by atoms with Crippen molar-refractivity contribution in [3.8, 4) is 5.75 Å². The Morgan fingerprint density at radius 1 is 1.44 bits per heavy atom. The molecule has 1 aromatic rings. The van der Waals surface area contributed by atoms with Crippen molar-refractivity contribution in [2.24, 2.45) is 0 Å². The van der Waals surface area contributed by atoms with Crippen LogP contribution in [0.5, 0.6) is 5.75 Å². The summed E-state index contributed by atoms with van der Waals surface area (Å²) in [6.45, 7) is 3.92. The van der Waals surface area contributed by atoms with Crippen molar-refractivity contribution < 1.29 is 9.53 Å². The molecule has 1 rings (SSSR count). The summed E-state index contributed by atoms with van der Waals surface area (Å²) >= 11 is 5.56. The molecule has 0 bridgehead atoms. The fourth-order valence-corrected chi connectivity index (χ4v) is 1.52. The van der Waals surface area contributed by atoms with Crippen LogP contribution in [-0.2, 0) is 0 Å².